The van der Waals surface area contributed by atoms with Gasteiger partial charge in [0.15, 0.2) is 17.3 Å². The second kappa shape index (κ2) is 5.22. The predicted octanol–water partition coefficient (Wildman–Crippen LogP) is 1.08. The molecule has 1 aromatic carbocycles. The number of esters is 1. The van der Waals surface area contributed by atoms with Gasteiger partial charge in [-0.1, -0.05) is 6.08 Å². The maximum atomic E-state index is 11.4. The summed E-state index contributed by atoms with van der Waals surface area (Å²) in [6, 6.07) is 3.84. The molecule has 0 saturated carbocycles. The molecular weight excluding hydrogens is 338 g/mol. The van der Waals surface area contributed by atoms with Gasteiger partial charge in [-0.05, 0) is 36.4 Å². The van der Waals surface area contributed by atoms with Gasteiger partial charge in [0.05, 0.1) is 18.6 Å². The molecule has 4 aliphatic rings. The Morgan fingerprint density at radius 1 is 1.35 bits per heavy atom. The zero-order valence-corrected chi connectivity index (χ0v) is 14.7. The van der Waals surface area contributed by atoms with Gasteiger partial charge in [-0.15, -0.1) is 0 Å². The maximum Gasteiger partial charge on any atom is 0.303 e. The number of nitrogens with zero attached hydrogens (tertiary/aromatic N) is 1. The van der Waals surface area contributed by atoms with Crippen molar-refractivity contribution >= 4 is 5.97 Å². The topological polar surface area (TPSA) is 77.5 Å². The lowest BCUT2D eigenvalue weighted by molar-refractivity contribution is -0.236. The van der Waals surface area contributed by atoms with Crippen molar-refractivity contribution in [1.82, 2.24) is 4.90 Å². The largest absolute Gasteiger partial charge is 0.458 e. The highest BCUT2D eigenvalue weighted by Gasteiger charge is 2.66. The molecule has 4 unspecified atom stereocenters. The number of likely N-dealkylation sites (tertiary alicyclic amines) is 1. The fraction of sp³-hybridized carbons (Fsp3) is 0.526. The van der Waals surface area contributed by atoms with Gasteiger partial charge in [-0.3, -0.25) is 9.69 Å². The summed E-state index contributed by atoms with van der Waals surface area (Å²) in [6.45, 7) is 2.30. The first-order valence-electron chi connectivity index (χ1n) is 8.79. The number of ether oxygens (including phenoxy) is 4. The van der Waals surface area contributed by atoms with Gasteiger partial charge in [0, 0.05) is 19.4 Å². The van der Waals surface area contributed by atoms with Crippen LogP contribution in [0.4, 0.5) is 0 Å². The van der Waals surface area contributed by atoms with Crippen LogP contribution in [0.25, 0.3) is 0 Å². The fourth-order valence-corrected chi connectivity index (χ4v) is 4.98. The van der Waals surface area contributed by atoms with Crippen molar-refractivity contribution < 1.29 is 28.8 Å². The summed E-state index contributed by atoms with van der Waals surface area (Å²) in [5.41, 5.74) is 1.23. The lowest BCUT2D eigenvalue weighted by Gasteiger charge is -2.49. The predicted molar refractivity (Wildman–Crippen MR) is 89.7 cm³/mol. The van der Waals surface area contributed by atoms with Crippen LogP contribution in [-0.4, -0.2) is 54.3 Å². The minimum Gasteiger partial charge on any atom is -0.458 e. The van der Waals surface area contributed by atoms with Crippen molar-refractivity contribution in [2.45, 2.75) is 43.3 Å². The Labute approximate surface area is 151 Å². The Morgan fingerprint density at radius 2 is 2.12 bits per heavy atom. The summed E-state index contributed by atoms with van der Waals surface area (Å²) in [4.78, 5) is 13.5. The molecule has 7 nitrogen and oxygen atoms in total. The number of hydrogen-bond donors (Lipinski definition) is 1. The van der Waals surface area contributed by atoms with Gasteiger partial charge in [0.25, 0.3) is 0 Å². The molecule has 7 heteroatoms. The van der Waals surface area contributed by atoms with E-state index in [9.17, 15) is 9.90 Å². The quantitative estimate of drug-likeness (QED) is 0.594. The van der Waals surface area contributed by atoms with E-state index >= 15 is 0 Å². The summed E-state index contributed by atoms with van der Waals surface area (Å²) in [6.07, 6.45) is 4.10. The van der Waals surface area contributed by atoms with Crippen LogP contribution >= 0.6 is 0 Å². The van der Waals surface area contributed by atoms with E-state index in [1.807, 2.05) is 31.3 Å². The number of benzene rings is 1. The monoisotopic (exact) mass is 359 g/mol. The maximum absolute atomic E-state index is 11.4. The minimum atomic E-state index is -1.34. The molecule has 1 aliphatic carbocycles. The van der Waals surface area contributed by atoms with Crippen LogP contribution in [0.1, 0.15) is 24.5 Å². The van der Waals surface area contributed by atoms with Gasteiger partial charge >= 0.3 is 5.97 Å². The van der Waals surface area contributed by atoms with E-state index in [-0.39, 0.29) is 24.9 Å². The first-order valence-corrected chi connectivity index (χ1v) is 8.79. The van der Waals surface area contributed by atoms with Crippen LogP contribution < -0.4 is 9.47 Å². The highest BCUT2D eigenvalue weighted by atomic mass is 16.7. The third-order valence-corrected chi connectivity index (χ3v) is 6.02. The second-order valence-electron chi connectivity index (χ2n) is 7.48. The first kappa shape index (κ1) is 16.1. The van der Waals surface area contributed by atoms with Gasteiger partial charge in [0.2, 0.25) is 6.79 Å². The van der Waals surface area contributed by atoms with Gasteiger partial charge in [0.1, 0.15) is 6.10 Å². The molecule has 3 aliphatic heterocycles. The molecule has 1 N–H and O–H groups in total. The Morgan fingerprint density at radius 3 is 2.88 bits per heavy atom. The van der Waals surface area contributed by atoms with Gasteiger partial charge < -0.3 is 24.1 Å². The number of fused-ring (bicyclic) bond motifs is 2. The van der Waals surface area contributed by atoms with Crippen molar-refractivity contribution in [2.24, 2.45) is 0 Å². The molecule has 1 fully saturated rings. The third kappa shape index (κ3) is 1.96. The number of hydrogen-bond acceptors (Lipinski definition) is 7. The third-order valence-electron chi connectivity index (χ3n) is 6.02. The average Bonchev–Trinajstić information content (AvgIpc) is 3.13. The molecule has 0 radical (unpaired) electrons. The molecular formula is C19H21NO6. The summed E-state index contributed by atoms with van der Waals surface area (Å²) in [5, 5.41) is 11.4. The van der Waals surface area contributed by atoms with Crippen molar-refractivity contribution in [3.05, 3.63) is 35.4 Å². The van der Waals surface area contributed by atoms with E-state index in [2.05, 4.69) is 4.90 Å². The Bertz CT molecular complexity index is 822. The Balaban J connectivity index is 1.68. The molecule has 3 heterocycles. The number of rotatable bonds is 1. The molecule has 0 amide bonds. The fourth-order valence-electron chi connectivity index (χ4n) is 4.98. The second-order valence-corrected chi connectivity index (χ2v) is 7.48. The summed E-state index contributed by atoms with van der Waals surface area (Å²) in [7, 11) is 1.96. The number of β-amino-alcohol motifs (C(OH)–C–C–N with tert-alkyl or cyclic N) is 1. The number of carbonyl (C=O) groups is 1. The zero-order chi connectivity index (χ0) is 18.1. The van der Waals surface area contributed by atoms with Crippen LogP contribution in [-0.2, 0) is 26.3 Å². The SMILES string of the molecule is CC(=O)OC1C=CC23c4cc5c(cc4COC2(O)CN(C)C3C1)OCO5. The van der Waals surface area contributed by atoms with E-state index in [1.165, 1.54) is 6.92 Å². The van der Waals surface area contributed by atoms with E-state index in [0.717, 1.165) is 11.1 Å². The van der Waals surface area contributed by atoms with E-state index in [0.29, 0.717) is 31.1 Å². The lowest BCUT2D eigenvalue weighted by Crippen LogP contribution is -2.59. The molecule has 0 aromatic heterocycles. The van der Waals surface area contributed by atoms with Crippen molar-refractivity contribution in [3.8, 4) is 11.5 Å². The number of carbonyl (C=O) groups excluding carboxylic acids is 1. The van der Waals surface area contributed by atoms with Gasteiger partial charge in [-0.25, -0.2) is 0 Å². The van der Waals surface area contributed by atoms with Crippen LogP contribution in [0.3, 0.4) is 0 Å². The molecule has 138 valence electrons. The minimum absolute atomic E-state index is 0.0683. The molecule has 1 saturated heterocycles. The van der Waals surface area contributed by atoms with Crippen molar-refractivity contribution in [3.63, 3.8) is 0 Å². The van der Waals surface area contributed by atoms with Crippen LogP contribution in [0.5, 0.6) is 11.5 Å². The van der Waals surface area contributed by atoms with Gasteiger partial charge in [-0.2, -0.15) is 0 Å². The average molecular weight is 359 g/mol. The zero-order valence-electron chi connectivity index (χ0n) is 14.7. The van der Waals surface area contributed by atoms with E-state index < -0.39 is 11.2 Å². The van der Waals surface area contributed by atoms with Crippen molar-refractivity contribution in [1.29, 1.82) is 0 Å². The standard InChI is InChI=1S/C19H21NO6/c1-11(21)26-13-3-4-18-14-7-16-15(23-10-24-16)5-12(14)8-25-19(18,22)9-20(2)17(18)6-13/h3-5,7,13,17,22H,6,8-10H2,1-2H3. The summed E-state index contributed by atoms with van der Waals surface area (Å²) in [5.74, 6) is -0.263. The molecule has 5 rings (SSSR count). The van der Waals surface area contributed by atoms with E-state index in [4.69, 9.17) is 18.9 Å². The van der Waals surface area contributed by atoms with E-state index in [1.54, 1.807) is 0 Å². The smallest absolute Gasteiger partial charge is 0.303 e. The molecule has 0 bridgehead atoms. The molecule has 1 aromatic rings. The van der Waals surface area contributed by atoms with Crippen LogP contribution in [0.15, 0.2) is 24.3 Å². The Hall–Kier alpha value is -2.09. The molecule has 1 spiro atoms. The highest BCUT2D eigenvalue weighted by Crippen LogP contribution is 2.56. The molecule has 4 atom stereocenters. The lowest BCUT2D eigenvalue weighted by atomic mass is 9.64. The number of likely N-dealkylation sites (N-methyl/N-ethyl adjacent to an activating group) is 1. The van der Waals surface area contributed by atoms with Crippen molar-refractivity contribution in [2.75, 3.05) is 20.4 Å². The highest BCUT2D eigenvalue weighted by molar-refractivity contribution is 5.66. The first-order chi connectivity index (χ1) is 12.4. The molecule has 26 heavy (non-hydrogen) atoms. The summed E-state index contributed by atoms with van der Waals surface area (Å²) >= 11 is 0. The van der Waals surface area contributed by atoms with Crippen LogP contribution in [0, 0.1) is 0 Å². The Kier molecular flexibility index (Phi) is 3.23. The number of aliphatic hydroxyl groups is 1. The normalized spacial score (nSPS) is 37.0. The summed E-state index contributed by atoms with van der Waals surface area (Å²) < 4.78 is 22.4. The van der Waals surface area contributed by atoms with Crippen LogP contribution in [0.2, 0.25) is 0 Å².